The maximum Gasteiger partial charge on any atom is 0.254 e. The number of aromatic nitrogens is 1. The van der Waals surface area contributed by atoms with Crippen molar-refractivity contribution < 1.29 is 14.3 Å². The number of rotatable bonds is 4. The molecule has 1 aromatic carbocycles. The Morgan fingerprint density at radius 3 is 2.83 bits per heavy atom. The molecule has 2 aromatic rings. The Kier molecular flexibility index (Phi) is 5.65. The number of hydrogen-bond donors (Lipinski definition) is 1. The second-order valence-corrected chi connectivity index (χ2v) is 8.22. The van der Waals surface area contributed by atoms with Gasteiger partial charge in [-0.1, -0.05) is 11.6 Å². The van der Waals surface area contributed by atoms with Crippen molar-refractivity contribution in [3.05, 3.63) is 61.5 Å². The van der Waals surface area contributed by atoms with Gasteiger partial charge in [0, 0.05) is 29.8 Å². The third-order valence-corrected chi connectivity index (χ3v) is 5.87. The Morgan fingerprint density at radius 1 is 1.28 bits per heavy atom. The van der Waals surface area contributed by atoms with Gasteiger partial charge < -0.3 is 19.4 Å². The molecule has 1 unspecified atom stereocenters. The van der Waals surface area contributed by atoms with Crippen LogP contribution in [0.1, 0.15) is 45.6 Å². The molecule has 154 valence electrons. The molecule has 7 heteroatoms. The van der Waals surface area contributed by atoms with Gasteiger partial charge in [0.05, 0.1) is 24.8 Å². The summed E-state index contributed by atoms with van der Waals surface area (Å²) in [6.07, 6.45) is 2.33. The van der Waals surface area contributed by atoms with Gasteiger partial charge in [0.2, 0.25) is 0 Å². The summed E-state index contributed by atoms with van der Waals surface area (Å²) in [5, 5.41) is 0.516. The fourth-order valence-electron chi connectivity index (χ4n) is 4.03. The van der Waals surface area contributed by atoms with Gasteiger partial charge in [0.15, 0.2) is 0 Å². The number of pyridine rings is 1. The lowest BCUT2D eigenvalue weighted by Gasteiger charge is -2.22. The first-order valence-corrected chi connectivity index (χ1v) is 10.4. The van der Waals surface area contributed by atoms with Crippen molar-refractivity contribution in [2.45, 2.75) is 45.8 Å². The Labute approximate surface area is 174 Å². The van der Waals surface area contributed by atoms with Crippen molar-refractivity contribution in [3.63, 3.8) is 0 Å². The van der Waals surface area contributed by atoms with Crippen LogP contribution in [0, 0.1) is 13.8 Å². The summed E-state index contributed by atoms with van der Waals surface area (Å²) in [5.41, 5.74) is 3.72. The third kappa shape index (κ3) is 4.19. The minimum absolute atomic E-state index is 0.0451. The quantitative estimate of drug-likeness (QED) is 0.829. The molecule has 0 aliphatic carbocycles. The molecule has 29 heavy (non-hydrogen) atoms. The average Bonchev–Trinajstić information content (AvgIpc) is 3.12. The molecule has 0 bridgehead atoms. The van der Waals surface area contributed by atoms with Crippen molar-refractivity contribution in [1.29, 1.82) is 0 Å². The zero-order chi connectivity index (χ0) is 20.5. The van der Waals surface area contributed by atoms with Crippen LogP contribution in [-0.4, -0.2) is 41.7 Å². The second-order valence-electron chi connectivity index (χ2n) is 7.82. The Hall–Kier alpha value is -2.31. The number of amides is 1. The van der Waals surface area contributed by atoms with Crippen molar-refractivity contribution in [3.8, 4) is 5.75 Å². The predicted octanol–water partition coefficient (Wildman–Crippen LogP) is 3.40. The fourth-order valence-corrected chi connectivity index (χ4v) is 4.26. The molecule has 1 aromatic heterocycles. The Bertz CT molecular complexity index is 995. The molecule has 1 fully saturated rings. The fraction of sp³-hybridized carbons (Fsp3) is 0.455. The topological polar surface area (TPSA) is 71.6 Å². The van der Waals surface area contributed by atoms with E-state index in [0.717, 1.165) is 36.1 Å². The standard InChI is InChI=1S/C22H25ClN2O4/c1-13-8-14(2)24-21(26)18(13)11-25-6-3-4-15-9-19(23)20(10-17(15)22(25)27)29-16-5-7-28-12-16/h8-10,16H,3-7,11-12H2,1-2H3,(H,24,26). The zero-order valence-corrected chi connectivity index (χ0v) is 17.5. The summed E-state index contributed by atoms with van der Waals surface area (Å²) < 4.78 is 11.3. The highest BCUT2D eigenvalue weighted by Crippen LogP contribution is 2.33. The van der Waals surface area contributed by atoms with Crippen molar-refractivity contribution in [2.24, 2.45) is 0 Å². The van der Waals surface area contributed by atoms with E-state index in [1.807, 2.05) is 26.0 Å². The molecule has 2 aliphatic heterocycles. The highest BCUT2D eigenvalue weighted by Gasteiger charge is 2.27. The molecule has 1 saturated heterocycles. The first kappa shape index (κ1) is 20.0. The molecular formula is C22H25ClN2O4. The van der Waals surface area contributed by atoms with Crippen LogP contribution in [0.2, 0.25) is 5.02 Å². The van der Waals surface area contributed by atoms with Crippen LogP contribution >= 0.6 is 11.6 Å². The van der Waals surface area contributed by atoms with E-state index in [9.17, 15) is 9.59 Å². The van der Waals surface area contributed by atoms with E-state index in [4.69, 9.17) is 21.1 Å². The number of ether oxygens (including phenoxy) is 2. The van der Waals surface area contributed by atoms with Crippen LogP contribution in [0.3, 0.4) is 0 Å². The number of H-pyrrole nitrogens is 1. The van der Waals surface area contributed by atoms with Crippen LogP contribution in [-0.2, 0) is 17.7 Å². The minimum atomic E-state index is -0.138. The Balaban J connectivity index is 1.63. The van der Waals surface area contributed by atoms with Crippen molar-refractivity contribution >= 4 is 17.5 Å². The van der Waals surface area contributed by atoms with E-state index < -0.39 is 0 Å². The lowest BCUT2D eigenvalue weighted by molar-refractivity contribution is 0.0747. The zero-order valence-electron chi connectivity index (χ0n) is 16.7. The van der Waals surface area contributed by atoms with Crippen molar-refractivity contribution in [1.82, 2.24) is 9.88 Å². The smallest absolute Gasteiger partial charge is 0.254 e. The number of fused-ring (bicyclic) bond motifs is 1. The van der Waals surface area contributed by atoms with Gasteiger partial charge in [-0.3, -0.25) is 9.59 Å². The lowest BCUT2D eigenvalue weighted by atomic mass is 10.0. The molecule has 2 aliphatic rings. The number of aryl methyl sites for hydroxylation is 3. The van der Waals surface area contributed by atoms with Gasteiger partial charge in [-0.25, -0.2) is 0 Å². The number of carbonyl (C=O) groups is 1. The number of halogens is 1. The van der Waals surface area contributed by atoms with Gasteiger partial charge in [-0.15, -0.1) is 0 Å². The van der Waals surface area contributed by atoms with Gasteiger partial charge in [0.25, 0.3) is 11.5 Å². The number of nitrogens with zero attached hydrogens (tertiary/aromatic N) is 1. The summed E-state index contributed by atoms with van der Waals surface area (Å²) in [4.78, 5) is 30.3. The summed E-state index contributed by atoms with van der Waals surface area (Å²) in [7, 11) is 0. The third-order valence-electron chi connectivity index (χ3n) is 5.57. The first-order chi connectivity index (χ1) is 13.9. The average molecular weight is 417 g/mol. The maximum atomic E-state index is 13.3. The van der Waals surface area contributed by atoms with E-state index >= 15 is 0 Å². The molecule has 6 nitrogen and oxygen atoms in total. The number of carbonyl (C=O) groups excluding carboxylic acids is 1. The summed E-state index contributed by atoms with van der Waals surface area (Å²) in [5.74, 6) is 0.418. The number of nitrogens with one attached hydrogen (secondary N) is 1. The normalized spacial score (nSPS) is 19.2. The molecule has 1 atom stereocenters. The van der Waals surface area contributed by atoms with Crippen molar-refractivity contribution in [2.75, 3.05) is 19.8 Å². The molecular weight excluding hydrogens is 392 g/mol. The van der Waals surface area contributed by atoms with E-state index in [2.05, 4.69) is 4.98 Å². The van der Waals surface area contributed by atoms with E-state index in [1.165, 1.54) is 0 Å². The molecule has 0 radical (unpaired) electrons. The summed E-state index contributed by atoms with van der Waals surface area (Å²) >= 11 is 6.43. The molecule has 3 heterocycles. The van der Waals surface area contributed by atoms with E-state index in [-0.39, 0.29) is 24.1 Å². The van der Waals surface area contributed by atoms with Gasteiger partial charge in [-0.05, 0) is 56.0 Å². The minimum Gasteiger partial charge on any atom is -0.486 e. The van der Waals surface area contributed by atoms with Crippen LogP contribution in [0.5, 0.6) is 5.75 Å². The lowest BCUT2D eigenvalue weighted by Crippen LogP contribution is -2.33. The molecule has 1 amide bonds. The highest BCUT2D eigenvalue weighted by atomic mass is 35.5. The van der Waals surface area contributed by atoms with E-state index in [1.54, 1.807) is 11.0 Å². The summed E-state index contributed by atoms with van der Waals surface area (Å²) in [6, 6.07) is 5.53. The first-order valence-electron chi connectivity index (χ1n) is 9.98. The molecule has 1 N–H and O–H groups in total. The SMILES string of the molecule is Cc1cc(C)c(CN2CCCc3cc(Cl)c(OC4CCOC4)cc3C2=O)c(=O)[nH]1. The number of benzene rings is 1. The monoisotopic (exact) mass is 416 g/mol. The van der Waals surface area contributed by atoms with Crippen LogP contribution < -0.4 is 10.3 Å². The second kappa shape index (κ2) is 8.20. The van der Waals surface area contributed by atoms with Gasteiger partial charge in [0.1, 0.15) is 11.9 Å². The summed E-state index contributed by atoms with van der Waals surface area (Å²) in [6.45, 7) is 5.84. The Morgan fingerprint density at radius 2 is 2.10 bits per heavy atom. The van der Waals surface area contributed by atoms with E-state index in [0.29, 0.717) is 41.7 Å². The van der Waals surface area contributed by atoms with Crippen LogP contribution in [0.4, 0.5) is 0 Å². The number of aromatic amines is 1. The van der Waals surface area contributed by atoms with Gasteiger partial charge in [-0.2, -0.15) is 0 Å². The number of hydrogen-bond acceptors (Lipinski definition) is 4. The maximum absolute atomic E-state index is 13.3. The van der Waals surface area contributed by atoms with Crippen LogP contribution in [0.15, 0.2) is 23.0 Å². The highest BCUT2D eigenvalue weighted by molar-refractivity contribution is 6.32. The predicted molar refractivity (Wildman–Crippen MR) is 111 cm³/mol. The van der Waals surface area contributed by atoms with Gasteiger partial charge >= 0.3 is 0 Å². The molecule has 0 spiro atoms. The molecule has 0 saturated carbocycles. The largest absolute Gasteiger partial charge is 0.486 e. The molecule has 4 rings (SSSR count). The van der Waals surface area contributed by atoms with Crippen LogP contribution in [0.25, 0.3) is 0 Å².